The van der Waals surface area contributed by atoms with Gasteiger partial charge in [-0.25, -0.2) is 5.43 Å². The highest BCUT2D eigenvalue weighted by Gasteiger charge is 2.22. The number of aromatic nitrogens is 2. The maximum absolute atomic E-state index is 12.1. The molecule has 0 fully saturated rings. The molecule has 2 aromatic rings. The fourth-order valence-corrected chi connectivity index (χ4v) is 2.58. The molecule has 0 spiro atoms. The Morgan fingerprint density at radius 1 is 1.32 bits per heavy atom. The fraction of sp³-hybridized carbons (Fsp3) is 0.312. The zero-order valence-corrected chi connectivity index (χ0v) is 12.8. The molecule has 6 heteroatoms. The van der Waals surface area contributed by atoms with Crippen LogP contribution in [-0.2, 0) is 12.8 Å². The van der Waals surface area contributed by atoms with Crippen LogP contribution in [0.1, 0.15) is 33.7 Å². The van der Waals surface area contributed by atoms with Gasteiger partial charge in [-0.15, -0.1) is 0 Å². The van der Waals surface area contributed by atoms with Crippen molar-refractivity contribution in [1.29, 1.82) is 0 Å². The Labute approximate surface area is 129 Å². The lowest BCUT2D eigenvalue weighted by Crippen LogP contribution is -2.19. The third-order valence-corrected chi connectivity index (χ3v) is 3.81. The van der Waals surface area contributed by atoms with Crippen LogP contribution in [0.5, 0.6) is 0 Å². The Balaban J connectivity index is 1.63. The first kappa shape index (κ1) is 14.3. The second-order valence-electron chi connectivity index (χ2n) is 5.57. The largest absolute Gasteiger partial charge is 0.378 e. The van der Waals surface area contributed by atoms with Crippen molar-refractivity contribution in [1.82, 2.24) is 15.6 Å². The molecule has 1 aliphatic rings. The van der Waals surface area contributed by atoms with Gasteiger partial charge in [0, 0.05) is 31.0 Å². The minimum absolute atomic E-state index is 0.263. The molecule has 1 amide bonds. The number of H-pyrrole nitrogens is 1. The molecule has 1 aromatic carbocycles. The number of amides is 1. The molecule has 22 heavy (non-hydrogen) atoms. The van der Waals surface area contributed by atoms with Gasteiger partial charge in [-0.3, -0.25) is 9.89 Å². The molecular formula is C16H19N5O. The highest BCUT2D eigenvalue weighted by atomic mass is 16.2. The molecule has 0 unspecified atom stereocenters. The first-order chi connectivity index (χ1) is 10.6. The van der Waals surface area contributed by atoms with Gasteiger partial charge in [0.25, 0.3) is 5.91 Å². The van der Waals surface area contributed by atoms with Gasteiger partial charge in [-0.2, -0.15) is 10.2 Å². The van der Waals surface area contributed by atoms with E-state index in [1.165, 1.54) is 0 Å². The van der Waals surface area contributed by atoms with E-state index in [0.717, 1.165) is 41.8 Å². The standard InChI is InChI=1S/C16H19N5O/c1-21(2)12-8-6-11(7-9-12)10-17-20-16(22)15-13-4-3-5-14(13)18-19-15/h6-10H,3-5H2,1-2H3,(H,18,19)(H,20,22)/b17-10-. The number of fused-ring (bicyclic) bond motifs is 1. The van der Waals surface area contributed by atoms with Crippen LogP contribution in [-0.4, -0.2) is 36.4 Å². The van der Waals surface area contributed by atoms with E-state index in [2.05, 4.69) is 20.7 Å². The number of rotatable bonds is 4. The van der Waals surface area contributed by atoms with Crippen molar-refractivity contribution < 1.29 is 4.79 Å². The van der Waals surface area contributed by atoms with E-state index in [9.17, 15) is 4.79 Å². The quantitative estimate of drug-likeness (QED) is 0.667. The van der Waals surface area contributed by atoms with Gasteiger partial charge in [0.05, 0.1) is 6.21 Å². The van der Waals surface area contributed by atoms with Crippen molar-refractivity contribution in [2.75, 3.05) is 19.0 Å². The van der Waals surface area contributed by atoms with Crippen molar-refractivity contribution in [2.45, 2.75) is 19.3 Å². The van der Waals surface area contributed by atoms with Gasteiger partial charge < -0.3 is 4.90 Å². The van der Waals surface area contributed by atoms with E-state index in [-0.39, 0.29) is 5.91 Å². The van der Waals surface area contributed by atoms with Crippen molar-refractivity contribution in [3.63, 3.8) is 0 Å². The van der Waals surface area contributed by atoms with E-state index in [1.54, 1.807) is 6.21 Å². The SMILES string of the molecule is CN(C)c1ccc(/C=N\NC(=O)c2n[nH]c3c2CCC3)cc1. The number of aromatic amines is 1. The number of carbonyl (C=O) groups excluding carboxylic acids is 1. The smallest absolute Gasteiger partial charge is 0.292 e. The predicted octanol–water partition coefficient (Wildman–Crippen LogP) is 1.73. The van der Waals surface area contributed by atoms with Crippen LogP contribution in [0.15, 0.2) is 29.4 Å². The van der Waals surface area contributed by atoms with Gasteiger partial charge in [0.1, 0.15) is 0 Å². The normalized spacial score (nSPS) is 13.4. The van der Waals surface area contributed by atoms with Crippen molar-refractivity contribution in [2.24, 2.45) is 5.10 Å². The lowest BCUT2D eigenvalue weighted by molar-refractivity contribution is 0.0949. The molecule has 0 atom stereocenters. The number of hydrogen-bond acceptors (Lipinski definition) is 4. The Bertz CT molecular complexity index is 700. The molecule has 1 heterocycles. The predicted molar refractivity (Wildman–Crippen MR) is 86.4 cm³/mol. The fourth-order valence-electron chi connectivity index (χ4n) is 2.58. The zero-order valence-electron chi connectivity index (χ0n) is 12.8. The number of hydrogen-bond donors (Lipinski definition) is 2. The first-order valence-electron chi connectivity index (χ1n) is 7.32. The van der Waals surface area contributed by atoms with Crippen LogP contribution in [0.3, 0.4) is 0 Å². The number of nitrogens with zero attached hydrogens (tertiary/aromatic N) is 3. The molecule has 3 rings (SSSR count). The molecule has 6 nitrogen and oxygen atoms in total. The van der Waals surface area contributed by atoms with Crippen LogP contribution in [0, 0.1) is 0 Å². The number of anilines is 1. The topological polar surface area (TPSA) is 73.4 Å². The maximum Gasteiger partial charge on any atom is 0.292 e. The highest BCUT2D eigenvalue weighted by Crippen LogP contribution is 2.22. The van der Waals surface area contributed by atoms with Crippen molar-refractivity contribution >= 4 is 17.8 Å². The summed E-state index contributed by atoms with van der Waals surface area (Å²) in [6.45, 7) is 0. The van der Waals surface area contributed by atoms with Gasteiger partial charge in [0.15, 0.2) is 5.69 Å². The van der Waals surface area contributed by atoms with Crippen LogP contribution in [0.4, 0.5) is 5.69 Å². The van der Waals surface area contributed by atoms with E-state index in [0.29, 0.717) is 5.69 Å². The summed E-state index contributed by atoms with van der Waals surface area (Å²) in [5.74, 6) is -0.263. The third kappa shape index (κ3) is 2.86. The van der Waals surface area contributed by atoms with Gasteiger partial charge in [-0.05, 0) is 37.0 Å². The van der Waals surface area contributed by atoms with Crippen LogP contribution in [0.2, 0.25) is 0 Å². The second kappa shape index (κ2) is 6.01. The molecule has 114 valence electrons. The Hall–Kier alpha value is -2.63. The lowest BCUT2D eigenvalue weighted by Gasteiger charge is -2.11. The summed E-state index contributed by atoms with van der Waals surface area (Å²) in [6.07, 6.45) is 4.58. The van der Waals surface area contributed by atoms with Crippen molar-refractivity contribution in [3.8, 4) is 0 Å². The average molecular weight is 297 g/mol. The molecule has 2 N–H and O–H groups in total. The van der Waals surface area contributed by atoms with E-state index in [4.69, 9.17) is 0 Å². The Kier molecular flexibility index (Phi) is 3.91. The monoisotopic (exact) mass is 297 g/mol. The first-order valence-corrected chi connectivity index (χ1v) is 7.32. The average Bonchev–Trinajstić information content (AvgIpc) is 3.10. The van der Waals surface area contributed by atoms with Crippen LogP contribution in [0.25, 0.3) is 0 Å². The van der Waals surface area contributed by atoms with Crippen molar-refractivity contribution in [3.05, 3.63) is 46.8 Å². The Morgan fingerprint density at radius 2 is 2.09 bits per heavy atom. The summed E-state index contributed by atoms with van der Waals surface area (Å²) >= 11 is 0. The highest BCUT2D eigenvalue weighted by molar-refractivity contribution is 5.94. The van der Waals surface area contributed by atoms with Crippen LogP contribution < -0.4 is 10.3 Å². The minimum atomic E-state index is -0.263. The van der Waals surface area contributed by atoms with E-state index >= 15 is 0 Å². The summed E-state index contributed by atoms with van der Waals surface area (Å²) in [5, 5.41) is 11.0. The van der Waals surface area contributed by atoms with Gasteiger partial charge >= 0.3 is 0 Å². The summed E-state index contributed by atoms with van der Waals surface area (Å²) in [4.78, 5) is 14.1. The summed E-state index contributed by atoms with van der Waals surface area (Å²) in [7, 11) is 3.98. The molecule has 1 aromatic heterocycles. The van der Waals surface area contributed by atoms with Crippen LogP contribution >= 0.6 is 0 Å². The maximum atomic E-state index is 12.1. The number of nitrogens with one attached hydrogen (secondary N) is 2. The molecule has 0 saturated carbocycles. The molecule has 0 aliphatic heterocycles. The van der Waals surface area contributed by atoms with Gasteiger partial charge in [-0.1, -0.05) is 12.1 Å². The molecule has 1 aliphatic carbocycles. The number of aryl methyl sites for hydroxylation is 1. The minimum Gasteiger partial charge on any atom is -0.378 e. The number of benzene rings is 1. The zero-order chi connectivity index (χ0) is 15.5. The van der Waals surface area contributed by atoms with E-state index < -0.39 is 0 Å². The summed E-state index contributed by atoms with van der Waals surface area (Å²) in [6, 6.07) is 7.92. The molecule has 0 saturated heterocycles. The second-order valence-corrected chi connectivity index (χ2v) is 5.57. The van der Waals surface area contributed by atoms with E-state index in [1.807, 2.05) is 43.3 Å². The number of hydrazone groups is 1. The van der Waals surface area contributed by atoms with Gasteiger partial charge in [0.2, 0.25) is 0 Å². The lowest BCUT2D eigenvalue weighted by atomic mass is 10.2. The molecule has 0 radical (unpaired) electrons. The summed E-state index contributed by atoms with van der Waals surface area (Å²) in [5.41, 5.74) is 7.16. The Morgan fingerprint density at radius 3 is 2.82 bits per heavy atom. The third-order valence-electron chi connectivity index (χ3n) is 3.81. The number of carbonyl (C=O) groups is 1. The molecular weight excluding hydrogens is 278 g/mol. The summed E-state index contributed by atoms with van der Waals surface area (Å²) < 4.78 is 0. The molecule has 0 bridgehead atoms.